The monoisotopic (exact) mass is 381 g/mol. The van der Waals surface area contributed by atoms with Crippen molar-refractivity contribution in [3.05, 3.63) is 95.6 Å². The van der Waals surface area contributed by atoms with Gasteiger partial charge in [0.1, 0.15) is 6.61 Å². The van der Waals surface area contributed by atoms with Crippen molar-refractivity contribution < 1.29 is 17.9 Å². The number of aryl methyl sites for hydroxylation is 1. The van der Waals surface area contributed by atoms with Crippen molar-refractivity contribution in [3.63, 3.8) is 0 Å². The minimum atomic E-state index is -3.72. The molecule has 0 spiro atoms. The summed E-state index contributed by atoms with van der Waals surface area (Å²) < 4.78 is 32.6. The Hall–Kier alpha value is -3.12. The van der Waals surface area contributed by atoms with Gasteiger partial charge in [0.05, 0.1) is 10.5 Å². The molecule has 5 nitrogen and oxygen atoms in total. The third-order valence-corrected chi connectivity index (χ3v) is 5.42. The van der Waals surface area contributed by atoms with Crippen LogP contribution < -0.4 is 4.72 Å². The summed E-state index contributed by atoms with van der Waals surface area (Å²) in [5.74, 6) is -0.515. The molecule has 6 heteroatoms. The largest absolute Gasteiger partial charge is 0.457 e. The molecule has 0 atom stereocenters. The minimum Gasteiger partial charge on any atom is -0.457 e. The van der Waals surface area contributed by atoms with Gasteiger partial charge in [-0.2, -0.15) is 0 Å². The first-order chi connectivity index (χ1) is 13.0. The number of esters is 1. The average Bonchev–Trinajstić information content (AvgIpc) is 2.68. The topological polar surface area (TPSA) is 72.5 Å². The molecule has 0 saturated carbocycles. The van der Waals surface area contributed by atoms with E-state index in [9.17, 15) is 13.2 Å². The van der Waals surface area contributed by atoms with Gasteiger partial charge < -0.3 is 4.74 Å². The summed E-state index contributed by atoms with van der Waals surface area (Å²) in [6, 6.07) is 21.9. The molecule has 0 radical (unpaired) electrons. The molecule has 0 bridgehead atoms. The lowest BCUT2D eigenvalue weighted by molar-refractivity contribution is 0.0472. The highest BCUT2D eigenvalue weighted by Crippen LogP contribution is 2.18. The molecule has 0 unspecified atom stereocenters. The maximum atomic E-state index is 12.4. The fraction of sp³-hybridized carbons (Fsp3) is 0.0952. The summed E-state index contributed by atoms with van der Waals surface area (Å²) in [5, 5.41) is 0. The number of nitrogens with one attached hydrogen (secondary N) is 1. The quantitative estimate of drug-likeness (QED) is 0.651. The van der Waals surface area contributed by atoms with Gasteiger partial charge in [-0.1, -0.05) is 48.5 Å². The fourth-order valence-electron chi connectivity index (χ4n) is 2.52. The Labute approximate surface area is 158 Å². The first-order valence-corrected chi connectivity index (χ1v) is 9.83. The van der Waals surface area contributed by atoms with E-state index in [1.54, 1.807) is 36.4 Å². The Kier molecular flexibility index (Phi) is 5.57. The number of carbonyl (C=O) groups is 1. The van der Waals surface area contributed by atoms with Crippen molar-refractivity contribution in [1.82, 2.24) is 0 Å². The van der Waals surface area contributed by atoms with Gasteiger partial charge in [-0.3, -0.25) is 4.72 Å². The molecule has 1 N–H and O–H groups in total. The number of sulfonamides is 1. The lowest BCUT2D eigenvalue weighted by atomic mass is 10.1. The number of rotatable bonds is 6. The van der Waals surface area contributed by atoms with E-state index in [4.69, 9.17) is 4.74 Å². The third kappa shape index (κ3) is 4.74. The molecule has 3 rings (SSSR count). The van der Waals surface area contributed by atoms with E-state index in [1.165, 1.54) is 18.2 Å². The summed E-state index contributed by atoms with van der Waals surface area (Å²) in [7, 11) is -3.72. The molecule has 0 aliphatic rings. The van der Waals surface area contributed by atoms with Crippen LogP contribution in [0.3, 0.4) is 0 Å². The zero-order valence-corrected chi connectivity index (χ0v) is 15.6. The number of anilines is 1. The summed E-state index contributed by atoms with van der Waals surface area (Å²) in [5.41, 5.74) is 2.53. The van der Waals surface area contributed by atoms with Crippen LogP contribution in [0.25, 0.3) is 0 Å². The van der Waals surface area contributed by atoms with Gasteiger partial charge in [0.15, 0.2) is 0 Å². The normalized spacial score (nSPS) is 11.0. The lowest BCUT2D eigenvalue weighted by Crippen LogP contribution is -2.13. The highest BCUT2D eigenvalue weighted by Gasteiger charge is 2.15. The molecule has 3 aromatic carbocycles. The smallest absolute Gasteiger partial charge is 0.338 e. The predicted molar refractivity (Wildman–Crippen MR) is 104 cm³/mol. The standard InChI is InChI=1S/C21H19NO4S/c1-16-8-5-6-9-18(16)15-26-21(23)17-10-7-11-19(14-17)22-27(24,25)20-12-3-2-4-13-20/h2-14,22H,15H2,1H3. The van der Waals surface area contributed by atoms with Crippen molar-refractivity contribution >= 4 is 21.7 Å². The molecule has 0 saturated heterocycles. The van der Waals surface area contributed by atoms with Crippen LogP contribution in [-0.2, 0) is 21.4 Å². The highest BCUT2D eigenvalue weighted by atomic mass is 32.2. The Morgan fingerprint density at radius 2 is 1.63 bits per heavy atom. The van der Waals surface area contributed by atoms with Crippen LogP contribution >= 0.6 is 0 Å². The van der Waals surface area contributed by atoms with Crippen molar-refractivity contribution in [1.29, 1.82) is 0 Å². The Bertz CT molecular complexity index is 1050. The molecule has 0 aromatic heterocycles. The predicted octanol–water partition coefficient (Wildman–Crippen LogP) is 4.15. The van der Waals surface area contributed by atoms with Gasteiger partial charge in [0.25, 0.3) is 10.0 Å². The number of benzene rings is 3. The van der Waals surface area contributed by atoms with Crippen LogP contribution in [0.5, 0.6) is 0 Å². The molecule has 0 aliphatic heterocycles. The first-order valence-electron chi connectivity index (χ1n) is 8.35. The highest BCUT2D eigenvalue weighted by molar-refractivity contribution is 7.92. The zero-order chi connectivity index (χ0) is 19.3. The Morgan fingerprint density at radius 3 is 2.37 bits per heavy atom. The van der Waals surface area contributed by atoms with Gasteiger partial charge >= 0.3 is 5.97 Å². The summed E-state index contributed by atoms with van der Waals surface area (Å²) in [6.07, 6.45) is 0. The van der Waals surface area contributed by atoms with Crippen molar-refractivity contribution in [2.45, 2.75) is 18.4 Å². The molecule has 0 amide bonds. The van der Waals surface area contributed by atoms with Gasteiger partial charge in [0.2, 0.25) is 0 Å². The summed E-state index contributed by atoms with van der Waals surface area (Å²) in [6.45, 7) is 2.10. The average molecular weight is 381 g/mol. The van der Waals surface area contributed by atoms with Gasteiger partial charge in [-0.25, -0.2) is 13.2 Å². The maximum Gasteiger partial charge on any atom is 0.338 e. The fourth-order valence-corrected chi connectivity index (χ4v) is 3.59. The molecule has 0 heterocycles. The Balaban J connectivity index is 1.72. The van der Waals surface area contributed by atoms with Gasteiger partial charge in [-0.15, -0.1) is 0 Å². The van der Waals surface area contributed by atoms with Crippen molar-refractivity contribution in [3.8, 4) is 0 Å². The van der Waals surface area contributed by atoms with Gasteiger partial charge in [0, 0.05) is 5.69 Å². The molecule has 138 valence electrons. The van der Waals surface area contributed by atoms with E-state index in [1.807, 2.05) is 31.2 Å². The van der Waals surface area contributed by atoms with Crippen molar-refractivity contribution in [2.75, 3.05) is 4.72 Å². The van der Waals surface area contributed by atoms with E-state index in [-0.39, 0.29) is 17.1 Å². The zero-order valence-electron chi connectivity index (χ0n) is 14.8. The second-order valence-electron chi connectivity index (χ2n) is 6.00. The summed E-state index contributed by atoms with van der Waals surface area (Å²) in [4.78, 5) is 12.5. The molecule has 3 aromatic rings. The SMILES string of the molecule is Cc1ccccc1COC(=O)c1cccc(NS(=O)(=O)c2ccccc2)c1. The summed E-state index contributed by atoms with van der Waals surface area (Å²) >= 11 is 0. The van der Waals surface area contributed by atoms with E-state index < -0.39 is 16.0 Å². The number of hydrogen-bond acceptors (Lipinski definition) is 4. The number of carbonyl (C=O) groups excluding carboxylic acids is 1. The molecule has 0 fully saturated rings. The minimum absolute atomic E-state index is 0.150. The van der Waals surface area contributed by atoms with Crippen LogP contribution in [-0.4, -0.2) is 14.4 Å². The van der Waals surface area contributed by atoms with Crippen LogP contribution in [0.4, 0.5) is 5.69 Å². The van der Waals surface area contributed by atoms with E-state index >= 15 is 0 Å². The molecule has 27 heavy (non-hydrogen) atoms. The molecular formula is C21H19NO4S. The van der Waals surface area contributed by atoms with Gasteiger partial charge in [-0.05, 0) is 48.4 Å². The third-order valence-electron chi connectivity index (χ3n) is 4.02. The van der Waals surface area contributed by atoms with Crippen LogP contribution in [0.2, 0.25) is 0 Å². The second-order valence-corrected chi connectivity index (χ2v) is 7.68. The van der Waals surface area contributed by atoms with Crippen LogP contribution in [0, 0.1) is 6.92 Å². The lowest BCUT2D eigenvalue weighted by Gasteiger charge is -2.10. The molecule has 0 aliphatic carbocycles. The Morgan fingerprint density at radius 1 is 0.926 bits per heavy atom. The van der Waals surface area contributed by atoms with E-state index in [0.29, 0.717) is 5.69 Å². The second kappa shape index (κ2) is 8.05. The number of hydrogen-bond donors (Lipinski definition) is 1. The van der Waals surface area contributed by atoms with Crippen molar-refractivity contribution in [2.24, 2.45) is 0 Å². The maximum absolute atomic E-state index is 12.4. The molecular weight excluding hydrogens is 362 g/mol. The first kappa shape index (κ1) is 18.7. The van der Waals surface area contributed by atoms with Crippen LogP contribution in [0.15, 0.2) is 83.8 Å². The van der Waals surface area contributed by atoms with E-state index in [2.05, 4.69) is 4.72 Å². The van der Waals surface area contributed by atoms with E-state index in [0.717, 1.165) is 11.1 Å². The number of ether oxygens (including phenoxy) is 1. The van der Waals surface area contributed by atoms with Crippen LogP contribution in [0.1, 0.15) is 21.5 Å².